The molecule has 0 amide bonds. The van der Waals surface area contributed by atoms with Crippen LogP contribution in [0.25, 0.3) is 0 Å². The van der Waals surface area contributed by atoms with E-state index in [0.717, 1.165) is 25.7 Å². The van der Waals surface area contributed by atoms with Crippen LogP contribution in [0.4, 0.5) is 22.0 Å². The molecule has 0 atom stereocenters. The summed E-state index contributed by atoms with van der Waals surface area (Å²) in [4.78, 5) is 4.70. The Hall–Kier alpha value is -1.66. The number of oxime groups is 1. The summed E-state index contributed by atoms with van der Waals surface area (Å²) < 4.78 is 65.5. The second kappa shape index (κ2) is 8.70. The van der Waals surface area contributed by atoms with Crippen LogP contribution in [0, 0.1) is 29.1 Å². The summed E-state index contributed by atoms with van der Waals surface area (Å²) in [5, 5.41) is 3.63. The fourth-order valence-corrected chi connectivity index (χ4v) is 1.84. The zero-order valence-corrected chi connectivity index (χ0v) is 12.5. The van der Waals surface area contributed by atoms with Gasteiger partial charge in [0.05, 0.1) is 11.3 Å². The van der Waals surface area contributed by atoms with Crippen molar-refractivity contribution in [2.75, 3.05) is 0 Å². The minimum Gasteiger partial charge on any atom is -0.391 e. The van der Waals surface area contributed by atoms with Gasteiger partial charge in [-0.2, -0.15) is 0 Å². The lowest BCUT2D eigenvalue weighted by molar-refractivity contribution is 0.122. The Kier molecular flexibility index (Phi) is 7.27. The van der Waals surface area contributed by atoms with E-state index >= 15 is 0 Å². The molecule has 2 nitrogen and oxygen atoms in total. The van der Waals surface area contributed by atoms with Crippen molar-refractivity contribution in [1.29, 1.82) is 0 Å². The van der Waals surface area contributed by atoms with Crippen LogP contribution in [-0.2, 0) is 11.4 Å². The molecule has 0 radical (unpaired) electrons. The summed E-state index contributed by atoms with van der Waals surface area (Å²) in [5.41, 5.74) is -0.432. The highest BCUT2D eigenvalue weighted by Crippen LogP contribution is 2.23. The maximum Gasteiger partial charge on any atom is 0.200 e. The highest BCUT2D eigenvalue weighted by atomic mass is 19.2. The Morgan fingerprint density at radius 2 is 1.41 bits per heavy atom. The molecule has 0 saturated heterocycles. The highest BCUT2D eigenvalue weighted by molar-refractivity contribution is 5.81. The fourth-order valence-electron chi connectivity index (χ4n) is 1.84. The van der Waals surface area contributed by atoms with Crippen molar-refractivity contribution in [1.82, 2.24) is 0 Å². The number of benzene rings is 1. The molecule has 22 heavy (non-hydrogen) atoms. The van der Waals surface area contributed by atoms with Gasteiger partial charge in [0.15, 0.2) is 23.3 Å². The van der Waals surface area contributed by atoms with Gasteiger partial charge in [-0.15, -0.1) is 0 Å². The molecule has 1 aromatic rings. The van der Waals surface area contributed by atoms with Crippen molar-refractivity contribution in [3.63, 3.8) is 0 Å². The third-order valence-corrected chi connectivity index (χ3v) is 3.12. The second-order valence-corrected chi connectivity index (χ2v) is 4.96. The zero-order valence-electron chi connectivity index (χ0n) is 12.5. The minimum absolute atomic E-state index is 0.597. The molecule has 0 aliphatic heterocycles. The molecule has 0 unspecified atom stereocenters. The van der Waals surface area contributed by atoms with Gasteiger partial charge in [-0.25, -0.2) is 22.0 Å². The lowest BCUT2D eigenvalue weighted by Crippen LogP contribution is -2.08. The van der Waals surface area contributed by atoms with E-state index in [-0.39, 0.29) is 0 Å². The first-order valence-electron chi connectivity index (χ1n) is 7.05. The predicted molar refractivity (Wildman–Crippen MR) is 72.9 cm³/mol. The van der Waals surface area contributed by atoms with Gasteiger partial charge in [0.2, 0.25) is 5.82 Å². The third-order valence-electron chi connectivity index (χ3n) is 3.12. The van der Waals surface area contributed by atoms with Crippen LogP contribution in [0.5, 0.6) is 0 Å². The number of hydrogen-bond donors (Lipinski definition) is 0. The van der Waals surface area contributed by atoms with Crippen LogP contribution in [0.1, 0.15) is 51.5 Å². The Morgan fingerprint density at radius 1 is 0.864 bits per heavy atom. The molecular weight excluding hydrogens is 305 g/mol. The van der Waals surface area contributed by atoms with Gasteiger partial charge in [-0.05, 0) is 19.8 Å². The quantitative estimate of drug-likeness (QED) is 0.160. The summed E-state index contributed by atoms with van der Waals surface area (Å²) >= 11 is 0. The van der Waals surface area contributed by atoms with E-state index in [1.54, 1.807) is 6.92 Å². The van der Waals surface area contributed by atoms with Crippen molar-refractivity contribution in [3.8, 4) is 0 Å². The van der Waals surface area contributed by atoms with E-state index < -0.39 is 41.3 Å². The summed E-state index contributed by atoms with van der Waals surface area (Å²) in [7, 11) is 0. The molecule has 0 aliphatic rings. The first kappa shape index (κ1) is 18.4. The maximum absolute atomic E-state index is 13.4. The van der Waals surface area contributed by atoms with Gasteiger partial charge in [0.25, 0.3) is 0 Å². The van der Waals surface area contributed by atoms with Gasteiger partial charge in [-0.3, -0.25) is 0 Å². The van der Waals surface area contributed by atoms with Crippen LogP contribution >= 0.6 is 0 Å². The average Bonchev–Trinajstić information content (AvgIpc) is 2.51. The van der Waals surface area contributed by atoms with Gasteiger partial charge in [-0.1, -0.05) is 31.3 Å². The molecule has 0 heterocycles. The van der Waals surface area contributed by atoms with Gasteiger partial charge < -0.3 is 4.84 Å². The number of nitrogens with zero attached hydrogens (tertiary/aromatic N) is 1. The van der Waals surface area contributed by atoms with E-state index in [9.17, 15) is 22.0 Å². The second-order valence-electron chi connectivity index (χ2n) is 4.96. The van der Waals surface area contributed by atoms with Gasteiger partial charge in [0, 0.05) is 0 Å². The van der Waals surface area contributed by atoms with Crippen LogP contribution in [0.15, 0.2) is 5.16 Å². The highest BCUT2D eigenvalue weighted by Gasteiger charge is 2.25. The molecule has 0 aliphatic carbocycles. The molecular formula is C15H18F5NO. The number of halogens is 5. The van der Waals surface area contributed by atoms with Crippen molar-refractivity contribution >= 4 is 5.71 Å². The molecule has 0 bridgehead atoms. The monoisotopic (exact) mass is 323 g/mol. The summed E-state index contributed by atoms with van der Waals surface area (Å²) in [5.74, 6) is -9.95. The topological polar surface area (TPSA) is 21.6 Å². The molecule has 0 fully saturated rings. The number of unbranched alkanes of at least 4 members (excludes halogenated alkanes) is 3. The standard InChI is InChI=1S/C15H18F5NO/c1-3-4-5-6-7-9(2)21-22-8-10-11(16)13(18)15(20)14(19)12(10)17/h3-8H2,1-2H3/b21-9-. The molecule has 0 aromatic heterocycles. The minimum atomic E-state index is -2.19. The predicted octanol–water partition coefficient (Wildman–Crippen LogP) is 5.25. The molecule has 1 aromatic carbocycles. The lowest BCUT2D eigenvalue weighted by Gasteiger charge is -2.07. The molecule has 7 heteroatoms. The van der Waals surface area contributed by atoms with E-state index in [0.29, 0.717) is 12.1 Å². The van der Waals surface area contributed by atoms with Crippen molar-refractivity contribution in [3.05, 3.63) is 34.6 Å². The van der Waals surface area contributed by atoms with Crippen molar-refractivity contribution in [2.45, 2.75) is 52.6 Å². The Labute approximate surface area is 126 Å². The Bertz CT molecular complexity index is 516. The normalized spacial score (nSPS) is 11.9. The maximum atomic E-state index is 13.4. The first-order chi connectivity index (χ1) is 10.4. The third kappa shape index (κ3) is 4.68. The number of hydrogen-bond acceptors (Lipinski definition) is 2. The molecule has 0 spiro atoms. The van der Waals surface area contributed by atoms with Crippen LogP contribution in [-0.4, -0.2) is 5.71 Å². The van der Waals surface area contributed by atoms with E-state index in [2.05, 4.69) is 12.1 Å². The Balaban J connectivity index is 2.65. The van der Waals surface area contributed by atoms with Crippen LogP contribution < -0.4 is 0 Å². The first-order valence-corrected chi connectivity index (χ1v) is 7.05. The van der Waals surface area contributed by atoms with Gasteiger partial charge in [0.1, 0.15) is 6.61 Å². The number of rotatable bonds is 8. The largest absolute Gasteiger partial charge is 0.391 e. The van der Waals surface area contributed by atoms with E-state index in [1.165, 1.54) is 0 Å². The van der Waals surface area contributed by atoms with Crippen LogP contribution in [0.2, 0.25) is 0 Å². The smallest absolute Gasteiger partial charge is 0.200 e. The summed E-state index contributed by atoms with van der Waals surface area (Å²) in [6.45, 7) is 2.93. The fraction of sp³-hybridized carbons (Fsp3) is 0.533. The molecule has 0 N–H and O–H groups in total. The van der Waals surface area contributed by atoms with Crippen LogP contribution in [0.3, 0.4) is 0 Å². The summed E-state index contributed by atoms with van der Waals surface area (Å²) in [6, 6.07) is 0. The lowest BCUT2D eigenvalue weighted by atomic mass is 10.1. The van der Waals surface area contributed by atoms with Crippen molar-refractivity contribution < 1.29 is 26.8 Å². The van der Waals surface area contributed by atoms with Crippen molar-refractivity contribution in [2.24, 2.45) is 5.16 Å². The molecule has 1 rings (SSSR count). The molecule has 124 valence electrons. The average molecular weight is 323 g/mol. The Morgan fingerprint density at radius 3 is 1.95 bits per heavy atom. The zero-order chi connectivity index (χ0) is 16.7. The van der Waals surface area contributed by atoms with E-state index in [4.69, 9.17) is 4.84 Å². The SMILES string of the molecule is CCCCCC/C(C)=N\OCc1c(F)c(F)c(F)c(F)c1F. The summed E-state index contributed by atoms with van der Waals surface area (Å²) in [6.07, 6.45) is 4.76. The van der Waals surface area contributed by atoms with E-state index in [1.807, 2.05) is 0 Å². The van der Waals surface area contributed by atoms with Gasteiger partial charge >= 0.3 is 0 Å². The molecule has 0 saturated carbocycles.